The molecule has 4 heteroatoms. The highest BCUT2D eigenvalue weighted by Gasteiger charge is 2.71. The fourth-order valence-corrected chi connectivity index (χ4v) is 2.33. The fourth-order valence-electron chi connectivity index (χ4n) is 2.33. The molecular formula is C12H15O4+. The second kappa shape index (κ2) is 3.28. The Morgan fingerprint density at radius 1 is 1.19 bits per heavy atom. The summed E-state index contributed by atoms with van der Waals surface area (Å²) in [7, 11) is 0. The van der Waals surface area contributed by atoms with Gasteiger partial charge >= 0.3 is 5.79 Å². The maximum absolute atomic E-state index is 5.30. The zero-order valence-corrected chi connectivity index (χ0v) is 9.34. The van der Waals surface area contributed by atoms with Crippen LogP contribution in [-0.4, -0.2) is 16.5 Å². The summed E-state index contributed by atoms with van der Waals surface area (Å²) in [5.41, 5.74) is 1.24. The Labute approximate surface area is 93.9 Å². The van der Waals surface area contributed by atoms with Crippen molar-refractivity contribution in [1.82, 2.24) is 0 Å². The molecule has 0 saturated carbocycles. The molecule has 2 aliphatic heterocycles. The third kappa shape index (κ3) is 1.38. The van der Waals surface area contributed by atoms with Crippen LogP contribution >= 0.6 is 0 Å². The molecule has 2 fully saturated rings. The summed E-state index contributed by atoms with van der Waals surface area (Å²) in [6.07, 6.45) is 0.831. The van der Waals surface area contributed by atoms with E-state index in [0.717, 1.165) is 6.42 Å². The summed E-state index contributed by atoms with van der Waals surface area (Å²) >= 11 is 0. The van der Waals surface area contributed by atoms with Gasteiger partial charge in [-0.2, -0.15) is 4.89 Å². The van der Waals surface area contributed by atoms with Crippen LogP contribution in [0, 0.1) is 5.92 Å². The maximum atomic E-state index is 5.30. The van der Waals surface area contributed by atoms with Crippen LogP contribution in [0.3, 0.4) is 0 Å². The Morgan fingerprint density at radius 2 is 1.94 bits per heavy atom. The Balaban J connectivity index is 1.86. The monoisotopic (exact) mass is 223 g/mol. The lowest BCUT2D eigenvalue weighted by molar-refractivity contribution is -0.645. The first kappa shape index (κ1) is 10.2. The van der Waals surface area contributed by atoms with Crippen molar-refractivity contribution in [1.29, 1.82) is 0 Å². The van der Waals surface area contributed by atoms with E-state index in [0.29, 0.717) is 0 Å². The molecule has 0 aliphatic carbocycles. The summed E-state index contributed by atoms with van der Waals surface area (Å²) in [6, 6.07) is 10.2. The topological polar surface area (TPSA) is 40.5 Å². The highest BCUT2D eigenvalue weighted by atomic mass is 17.4. The van der Waals surface area contributed by atoms with Crippen LogP contribution < -0.4 is 0 Å². The van der Waals surface area contributed by atoms with Gasteiger partial charge in [-0.25, -0.2) is 4.89 Å². The second-order valence-electron chi connectivity index (χ2n) is 4.66. The van der Waals surface area contributed by atoms with Gasteiger partial charge in [-0.05, 0) is 12.0 Å². The molecule has 0 aromatic heterocycles. The third-order valence-corrected chi connectivity index (χ3v) is 3.35. The summed E-state index contributed by atoms with van der Waals surface area (Å²) in [6.45, 7) is 3.75. The van der Waals surface area contributed by atoms with Gasteiger partial charge in [0.05, 0.1) is 0 Å². The van der Waals surface area contributed by atoms with Crippen LogP contribution in [0.4, 0.5) is 0 Å². The predicted molar refractivity (Wildman–Crippen MR) is 55.9 cm³/mol. The van der Waals surface area contributed by atoms with Gasteiger partial charge in [-0.3, -0.25) is 0 Å². The summed E-state index contributed by atoms with van der Waals surface area (Å²) in [5, 5.41) is 0. The zero-order chi connectivity index (χ0) is 11.2. The van der Waals surface area contributed by atoms with Crippen molar-refractivity contribution in [3.63, 3.8) is 0 Å². The quantitative estimate of drug-likeness (QED) is 0.566. The highest BCUT2D eigenvalue weighted by Crippen LogP contribution is 2.49. The van der Waals surface area contributed by atoms with Gasteiger partial charge < -0.3 is 0 Å². The van der Waals surface area contributed by atoms with Crippen LogP contribution in [0.2, 0.25) is 0 Å². The van der Waals surface area contributed by atoms with Crippen LogP contribution in [0.1, 0.15) is 19.4 Å². The van der Waals surface area contributed by atoms with E-state index in [9.17, 15) is 0 Å². The van der Waals surface area contributed by atoms with E-state index < -0.39 is 11.6 Å². The predicted octanol–water partition coefficient (Wildman–Crippen LogP) is 1.71. The summed E-state index contributed by atoms with van der Waals surface area (Å²) in [5.74, 6) is -1.34. The van der Waals surface area contributed by atoms with Crippen molar-refractivity contribution in [2.75, 3.05) is 0 Å². The molecule has 0 spiro atoms. The third-order valence-electron chi connectivity index (χ3n) is 3.35. The van der Waals surface area contributed by atoms with Crippen molar-refractivity contribution in [3.05, 3.63) is 35.9 Å². The van der Waals surface area contributed by atoms with E-state index in [2.05, 4.69) is 17.0 Å². The number of fused-ring (bicyclic) bond motifs is 2. The molecule has 2 bridgehead atoms. The van der Waals surface area contributed by atoms with Crippen LogP contribution in [0.15, 0.2) is 30.3 Å². The standard InChI is InChI=1S/C12H14O4/c1-11-10(8-9-6-4-3-5-7-9)12(2,15-13-11)16-14-11/h3-7,10H,8H2,1-2H3/p+1/t11-,12-. The van der Waals surface area contributed by atoms with Gasteiger partial charge in [-0.15, -0.1) is 4.89 Å². The largest absolute Gasteiger partial charge is 0.344 e. The van der Waals surface area contributed by atoms with Crippen molar-refractivity contribution in [2.45, 2.75) is 31.8 Å². The first-order chi connectivity index (χ1) is 7.62. The van der Waals surface area contributed by atoms with Gasteiger partial charge in [0.15, 0.2) is 0 Å². The number of hydrogen-bond donors (Lipinski definition) is 0. The first-order valence-corrected chi connectivity index (χ1v) is 5.44. The normalized spacial score (nSPS) is 41.5. The van der Waals surface area contributed by atoms with E-state index >= 15 is 0 Å². The molecule has 1 aromatic carbocycles. The van der Waals surface area contributed by atoms with E-state index in [-0.39, 0.29) is 5.92 Å². The fraction of sp³-hybridized carbons (Fsp3) is 0.500. The number of benzene rings is 1. The Bertz CT molecular complexity index is 363. The first-order valence-electron chi connectivity index (χ1n) is 5.44. The number of aliphatic hydroxyl groups is 1. The van der Waals surface area contributed by atoms with Gasteiger partial charge in [0.1, 0.15) is 5.92 Å². The molecular weight excluding hydrogens is 208 g/mol. The van der Waals surface area contributed by atoms with Crippen molar-refractivity contribution in [2.24, 2.45) is 5.92 Å². The van der Waals surface area contributed by atoms with Crippen molar-refractivity contribution in [3.8, 4) is 0 Å². The molecule has 2 saturated heterocycles. The van der Waals surface area contributed by atoms with Crippen molar-refractivity contribution < 1.29 is 19.6 Å². The molecule has 2 aliphatic rings. The molecule has 4 nitrogen and oxygen atoms in total. The molecule has 3 rings (SSSR count). The summed E-state index contributed by atoms with van der Waals surface area (Å²) < 4.78 is 0. The molecule has 86 valence electrons. The Kier molecular flexibility index (Phi) is 2.09. The lowest BCUT2D eigenvalue weighted by Crippen LogP contribution is -2.35. The molecule has 3 atom stereocenters. The average Bonchev–Trinajstić information content (AvgIpc) is 2.68. The Hall–Kier alpha value is -0.940. The molecule has 2 heterocycles. The smallest absolute Gasteiger partial charge is 0.217 e. The minimum Gasteiger partial charge on any atom is -0.217 e. The minimum atomic E-state index is -0.745. The van der Waals surface area contributed by atoms with Gasteiger partial charge in [0.25, 0.3) is 5.79 Å². The molecule has 16 heavy (non-hydrogen) atoms. The summed E-state index contributed by atoms with van der Waals surface area (Å²) in [4.78, 5) is 19.8. The van der Waals surface area contributed by atoms with Crippen LogP contribution in [-0.2, 0) is 21.1 Å². The molecule has 1 N–H and O–H groups in total. The maximum Gasteiger partial charge on any atom is 0.344 e. The van der Waals surface area contributed by atoms with Crippen molar-refractivity contribution >= 4 is 0 Å². The molecule has 1 unspecified atom stereocenters. The van der Waals surface area contributed by atoms with Gasteiger partial charge in [-0.1, -0.05) is 35.2 Å². The second-order valence-corrected chi connectivity index (χ2v) is 4.66. The van der Waals surface area contributed by atoms with E-state index in [1.807, 2.05) is 32.0 Å². The zero-order valence-electron chi connectivity index (χ0n) is 9.34. The lowest BCUT2D eigenvalue weighted by Gasteiger charge is -2.15. The molecule has 0 amide bonds. The van der Waals surface area contributed by atoms with E-state index in [4.69, 9.17) is 14.7 Å². The number of hydrogen-bond acceptors (Lipinski definition) is 3. The SMILES string of the molecule is C[C@@]12OO[C@](C)([OH+]O1)C2Cc1ccccc1. The highest BCUT2D eigenvalue weighted by molar-refractivity contribution is 5.17. The molecule has 0 radical (unpaired) electrons. The van der Waals surface area contributed by atoms with E-state index in [1.165, 1.54) is 5.56 Å². The van der Waals surface area contributed by atoms with Gasteiger partial charge in [0, 0.05) is 13.8 Å². The average molecular weight is 223 g/mol. The Morgan fingerprint density at radius 3 is 2.44 bits per heavy atom. The van der Waals surface area contributed by atoms with E-state index in [1.54, 1.807) is 0 Å². The van der Waals surface area contributed by atoms with Crippen LogP contribution in [0.5, 0.6) is 0 Å². The lowest BCUT2D eigenvalue weighted by atomic mass is 9.87. The minimum absolute atomic E-state index is 0.0856. The molecule has 1 aromatic rings. The van der Waals surface area contributed by atoms with Gasteiger partial charge in [0.2, 0.25) is 0 Å². The van der Waals surface area contributed by atoms with Crippen LogP contribution in [0.25, 0.3) is 0 Å². The number of rotatable bonds is 2.